The number of benzene rings is 1. The molecule has 27 heavy (non-hydrogen) atoms. The molecule has 0 N–H and O–H groups in total. The van der Waals surface area contributed by atoms with Crippen LogP contribution in [0.25, 0.3) is 22.3 Å². The normalized spacial score (nSPS) is 10.4. The molecule has 5 heteroatoms. The third-order valence-corrected chi connectivity index (χ3v) is 4.62. The number of nitriles is 1. The Morgan fingerprint density at radius 1 is 1.07 bits per heavy atom. The van der Waals surface area contributed by atoms with E-state index in [0.717, 1.165) is 22.4 Å². The highest BCUT2D eigenvalue weighted by Crippen LogP contribution is 2.34. The Hall–Kier alpha value is -3.39. The number of esters is 1. The molecular weight excluding hydrogens is 338 g/mol. The summed E-state index contributed by atoms with van der Waals surface area (Å²) in [5.74, 6) is -0.413. The largest absolute Gasteiger partial charge is 0.461 e. The van der Waals surface area contributed by atoms with E-state index in [-0.39, 0.29) is 6.61 Å². The summed E-state index contributed by atoms with van der Waals surface area (Å²) < 4.78 is 7.03. The van der Waals surface area contributed by atoms with E-state index in [9.17, 15) is 10.1 Å². The molecule has 2 aromatic heterocycles. The van der Waals surface area contributed by atoms with Gasteiger partial charge >= 0.3 is 5.97 Å². The van der Waals surface area contributed by atoms with Crippen LogP contribution < -0.4 is 0 Å². The first kappa shape index (κ1) is 18.4. The first-order valence-electron chi connectivity index (χ1n) is 8.91. The second kappa shape index (κ2) is 7.88. The highest BCUT2D eigenvalue weighted by molar-refractivity contribution is 5.98. The van der Waals surface area contributed by atoms with Crippen LogP contribution in [0.4, 0.5) is 0 Å². The molecule has 0 spiro atoms. The molecule has 136 valence electrons. The average Bonchev–Trinajstić information content (AvgIpc) is 3.00. The minimum absolute atomic E-state index is 0.285. The first-order chi connectivity index (χ1) is 13.1. The Morgan fingerprint density at radius 3 is 2.22 bits per heavy atom. The first-order valence-corrected chi connectivity index (χ1v) is 8.91. The zero-order chi connectivity index (χ0) is 19.4. The number of aromatic nitrogens is 2. The molecule has 0 fully saturated rings. The summed E-state index contributed by atoms with van der Waals surface area (Å²) in [6.07, 6.45) is 4.15. The molecule has 0 aliphatic rings. The SMILES string of the molecule is CCOC(=O)c1c(-c2ccc(-c3ccncc3)cc2)c(C#N)c(CC)n1C. The van der Waals surface area contributed by atoms with Crippen LogP contribution in [0.15, 0.2) is 48.8 Å². The molecule has 3 aromatic rings. The molecule has 0 aliphatic heterocycles. The summed E-state index contributed by atoms with van der Waals surface area (Å²) in [6.45, 7) is 4.03. The second-order valence-electron chi connectivity index (χ2n) is 6.10. The van der Waals surface area contributed by atoms with Gasteiger partial charge in [-0.25, -0.2) is 4.79 Å². The summed E-state index contributed by atoms with van der Waals surface area (Å²) in [7, 11) is 1.81. The molecule has 0 saturated heterocycles. The molecule has 1 aromatic carbocycles. The highest BCUT2D eigenvalue weighted by atomic mass is 16.5. The van der Waals surface area contributed by atoms with Gasteiger partial charge < -0.3 is 9.30 Å². The van der Waals surface area contributed by atoms with Crippen LogP contribution in [-0.4, -0.2) is 22.1 Å². The number of nitrogens with zero attached hydrogens (tertiary/aromatic N) is 3. The lowest BCUT2D eigenvalue weighted by Gasteiger charge is -2.09. The summed E-state index contributed by atoms with van der Waals surface area (Å²) in [4.78, 5) is 16.6. The van der Waals surface area contributed by atoms with Crippen molar-refractivity contribution in [3.05, 3.63) is 65.7 Å². The fraction of sp³-hybridized carbons (Fsp3) is 0.227. The minimum atomic E-state index is -0.413. The van der Waals surface area contributed by atoms with Gasteiger partial charge in [-0.3, -0.25) is 4.98 Å². The van der Waals surface area contributed by atoms with Crippen LogP contribution in [0.3, 0.4) is 0 Å². The van der Waals surface area contributed by atoms with E-state index >= 15 is 0 Å². The average molecular weight is 359 g/mol. The molecule has 0 radical (unpaired) electrons. The molecule has 0 saturated carbocycles. The number of hydrogen-bond donors (Lipinski definition) is 0. The molecule has 0 amide bonds. The lowest BCUT2D eigenvalue weighted by atomic mass is 9.97. The van der Waals surface area contributed by atoms with E-state index in [1.807, 2.05) is 43.3 Å². The van der Waals surface area contributed by atoms with Gasteiger partial charge in [0.2, 0.25) is 0 Å². The summed E-state index contributed by atoms with van der Waals surface area (Å²) in [6, 6.07) is 14.0. The van der Waals surface area contributed by atoms with Crippen LogP contribution in [0, 0.1) is 11.3 Å². The topological polar surface area (TPSA) is 67.9 Å². The van der Waals surface area contributed by atoms with Crippen LogP contribution in [0.5, 0.6) is 0 Å². The van der Waals surface area contributed by atoms with Gasteiger partial charge in [0.05, 0.1) is 12.2 Å². The van der Waals surface area contributed by atoms with Crippen molar-refractivity contribution < 1.29 is 9.53 Å². The zero-order valence-electron chi connectivity index (χ0n) is 15.7. The van der Waals surface area contributed by atoms with Crippen molar-refractivity contribution in [2.24, 2.45) is 7.05 Å². The van der Waals surface area contributed by atoms with E-state index in [0.29, 0.717) is 23.2 Å². The van der Waals surface area contributed by atoms with Gasteiger partial charge in [-0.15, -0.1) is 0 Å². The van der Waals surface area contributed by atoms with Crippen molar-refractivity contribution in [2.45, 2.75) is 20.3 Å². The Balaban J connectivity index is 2.15. The molecule has 0 atom stereocenters. The van der Waals surface area contributed by atoms with Crippen LogP contribution >= 0.6 is 0 Å². The predicted molar refractivity (Wildman–Crippen MR) is 104 cm³/mol. The van der Waals surface area contributed by atoms with Crippen LogP contribution in [-0.2, 0) is 18.2 Å². The van der Waals surface area contributed by atoms with E-state index in [4.69, 9.17) is 4.74 Å². The van der Waals surface area contributed by atoms with Crippen LogP contribution in [0.1, 0.15) is 35.6 Å². The maximum absolute atomic E-state index is 12.6. The maximum atomic E-state index is 12.6. The van der Waals surface area contributed by atoms with Crippen molar-refractivity contribution in [3.63, 3.8) is 0 Å². The van der Waals surface area contributed by atoms with E-state index in [1.165, 1.54) is 0 Å². The maximum Gasteiger partial charge on any atom is 0.355 e. The van der Waals surface area contributed by atoms with Gasteiger partial charge in [-0.05, 0) is 42.2 Å². The Labute approximate surface area is 158 Å². The molecule has 0 unspecified atom stereocenters. The van der Waals surface area contributed by atoms with Crippen molar-refractivity contribution in [1.82, 2.24) is 9.55 Å². The smallest absolute Gasteiger partial charge is 0.355 e. The monoisotopic (exact) mass is 359 g/mol. The highest BCUT2D eigenvalue weighted by Gasteiger charge is 2.26. The fourth-order valence-electron chi connectivity index (χ4n) is 3.36. The summed E-state index contributed by atoms with van der Waals surface area (Å²) in [5, 5.41) is 9.75. The lowest BCUT2D eigenvalue weighted by molar-refractivity contribution is 0.0516. The standard InChI is InChI=1S/C22H21N3O2/c1-4-19-18(14-23)20(21(25(19)3)22(26)27-5-2)17-8-6-15(7-9-17)16-10-12-24-13-11-16/h6-13H,4-5H2,1-3H3. The van der Waals surface area contributed by atoms with E-state index in [1.54, 1.807) is 30.9 Å². The molecular formula is C22H21N3O2. The molecule has 5 nitrogen and oxygen atoms in total. The van der Waals surface area contributed by atoms with Gasteiger partial charge in [-0.1, -0.05) is 31.2 Å². The third-order valence-electron chi connectivity index (χ3n) is 4.62. The minimum Gasteiger partial charge on any atom is -0.461 e. The van der Waals surface area contributed by atoms with Gasteiger partial charge in [0.25, 0.3) is 0 Å². The van der Waals surface area contributed by atoms with E-state index in [2.05, 4.69) is 11.1 Å². The summed E-state index contributed by atoms with van der Waals surface area (Å²) in [5.41, 5.74) is 5.34. The Morgan fingerprint density at radius 2 is 1.67 bits per heavy atom. The van der Waals surface area contributed by atoms with Gasteiger partial charge in [-0.2, -0.15) is 5.26 Å². The van der Waals surface area contributed by atoms with Crippen molar-refractivity contribution in [2.75, 3.05) is 6.61 Å². The Kier molecular flexibility index (Phi) is 5.37. The number of pyridine rings is 1. The quantitative estimate of drug-likeness (QED) is 0.635. The number of carbonyl (C=O) groups excluding carboxylic acids is 1. The van der Waals surface area contributed by atoms with Crippen molar-refractivity contribution in [3.8, 4) is 28.3 Å². The van der Waals surface area contributed by atoms with Gasteiger partial charge in [0, 0.05) is 30.7 Å². The fourth-order valence-corrected chi connectivity index (χ4v) is 3.36. The van der Waals surface area contributed by atoms with Crippen LogP contribution in [0.2, 0.25) is 0 Å². The van der Waals surface area contributed by atoms with E-state index < -0.39 is 5.97 Å². The van der Waals surface area contributed by atoms with Crippen molar-refractivity contribution in [1.29, 1.82) is 5.26 Å². The lowest BCUT2D eigenvalue weighted by Crippen LogP contribution is -2.12. The van der Waals surface area contributed by atoms with Gasteiger partial charge in [0.15, 0.2) is 0 Å². The number of ether oxygens (including phenoxy) is 1. The number of rotatable bonds is 5. The second-order valence-corrected chi connectivity index (χ2v) is 6.10. The predicted octanol–water partition coefficient (Wildman–Crippen LogP) is 4.36. The zero-order valence-corrected chi connectivity index (χ0v) is 15.7. The van der Waals surface area contributed by atoms with Gasteiger partial charge in [0.1, 0.15) is 11.8 Å². The molecule has 0 aliphatic carbocycles. The van der Waals surface area contributed by atoms with Crippen molar-refractivity contribution >= 4 is 5.97 Å². The number of hydrogen-bond acceptors (Lipinski definition) is 4. The Bertz CT molecular complexity index is 997. The molecule has 2 heterocycles. The number of carbonyl (C=O) groups is 1. The molecule has 3 rings (SSSR count). The summed E-state index contributed by atoms with van der Waals surface area (Å²) >= 11 is 0. The molecule has 0 bridgehead atoms. The third kappa shape index (κ3) is 3.34.